The van der Waals surface area contributed by atoms with E-state index in [0.29, 0.717) is 30.2 Å². The van der Waals surface area contributed by atoms with Gasteiger partial charge in [-0.1, -0.05) is 11.6 Å². The Bertz CT molecular complexity index is 1330. The maximum absolute atomic E-state index is 14.3. The van der Waals surface area contributed by atoms with Crippen LogP contribution in [-0.4, -0.2) is 63.1 Å². The molecule has 3 heterocycles. The molecule has 37 heavy (non-hydrogen) atoms. The third-order valence-electron chi connectivity index (χ3n) is 6.73. The third-order valence-corrected chi connectivity index (χ3v) is 7.02. The van der Waals surface area contributed by atoms with Crippen LogP contribution in [0.2, 0.25) is 5.02 Å². The van der Waals surface area contributed by atoms with E-state index in [0.717, 1.165) is 22.9 Å². The van der Waals surface area contributed by atoms with Gasteiger partial charge in [-0.2, -0.15) is 0 Å². The second-order valence-corrected chi connectivity index (χ2v) is 11.4. The first-order valence-electron chi connectivity index (χ1n) is 12.5. The monoisotopic (exact) mass is 528 g/mol. The molecule has 1 aromatic carbocycles. The van der Waals surface area contributed by atoms with Gasteiger partial charge in [-0.3, -0.25) is 9.78 Å². The first kappa shape index (κ1) is 26.9. The molecule has 2 amide bonds. The first-order chi connectivity index (χ1) is 17.4. The van der Waals surface area contributed by atoms with Crippen molar-refractivity contribution >= 4 is 34.5 Å². The average Bonchev–Trinajstić information content (AvgIpc) is 3.43. The van der Waals surface area contributed by atoms with Gasteiger partial charge in [0.2, 0.25) is 0 Å². The molecule has 0 N–H and O–H groups in total. The number of amides is 2. The van der Waals surface area contributed by atoms with Crippen LogP contribution in [0.25, 0.3) is 16.6 Å². The largest absolute Gasteiger partial charge is 0.444 e. The molecule has 7 nitrogen and oxygen atoms in total. The molecule has 1 aliphatic heterocycles. The summed E-state index contributed by atoms with van der Waals surface area (Å²) >= 11 is 6.62. The van der Waals surface area contributed by atoms with Gasteiger partial charge in [-0.25, -0.2) is 9.18 Å². The number of benzene rings is 1. The van der Waals surface area contributed by atoms with Gasteiger partial charge >= 0.3 is 6.09 Å². The van der Waals surface area contributed by atoms with Crippen LogP contribution in [-0.2, 0) is 11.2 Å². The highest BCUT2D eigenvalue weighted by molar-refractivity contribution is 6.35. The zero-order chi connectivity index (χ0) is 27.1. The molecular weight excluding hydrogens is 495 g/mol. The highest BCUT2D eigenvalue weighted by Gasteiger charge is 2.31. The van der Waals surface area contributed by atoms with Crippen LogP contribution in [0.4, 0.5) is 9.18 Å². The van der Waals surface area contributed by atoms with Gasteiger partial charge in [0.25, 0.3) is 5.91 Å². The fourth-order valence-corrected chi connectivity index (χ4v) is 4.96. The van der Waals surface area contributed by atoms with Gasteiger partial charge in [-0.15, -0.1) is 0 Å². The minimum Gasteiger partial charge on any atom is -0.444 e. The number of nitrogens with zero attached hydrogens (tertiary/aromatic N) is 4. The van der Waals surface area contributed by atoms with Gasteiger partial charge in [0.1, 0.15) is 11.4 Å². The number of ether oxygens (including phenoxy) is 1. The summed E-state index contributed by atoms with van der Waals surface area (Å²) in [7, 11) is 1.70. The fourth-order valence-electron chi connectivity index (χ4n) is 4.69. The van der Waals surface area contributed by atoms with Crippen molar-refractivity contribution in [1.29, 1.82) is 0 Å². The standard InChI is InChI=1S/C28H34ClFN4O3/c1-17(2)32(6)26(35)21-12-20(30)7-8-23(21)34-16-19(25-22(29)13-31-14-24(25)34)11-18-9-10-33(15-18)27(36)37-28(3,4)5/h7-8,12-14,16-18H,9-11,15H2,1-6H3. The molecular formula is C28H34ClFN4O3. The van der Waals surface area contributed by atoms with Gasteiger partial charge in [0, 0.05) is 44.0 Å². The molecule has 9 heteroatoms. The lowest BCUT2D eigenvalue weighted by Crippen LogP contribution is -2.35. The lowest BCUT2D eigenvalue weighted by molar-refractivity contribution is 0.0288. The molecule has 0 aliphatic carbocycles. The molecule has 0 radical (unpaired) electrons. The predicted octanol–water partition coefficient (Wildman–Crippen LogP) is 6.10. The maximum atomic E-state index is 14.3. The normalized spacial score (nSPS) is 16.0. The Morgan fingerprint density at radius 3 is 2.68 bits per heavy atom. The van der Waals surface area contributed by atoms with Crippen molar-refractivity contribution in [3.63, 3.8) is 0 Å². The summed E-state index contributed by atoms with van der Waals surface area (Å²) in [6.45, 7) is 10.6. The van der Waals surface area contributed by atoms with E-state index in [1.807, 2.05) is 45.4 Å². The summed E-state index contributed by atoms with van der Waals surface area (Å²) in [5.41, 5.74) is 1.99. The molecule has 2 aromatic heterocycles. The third kappa shape index (κ3) is 5.74. The van der Waals surface area contributed by atoms with Crippen LogP contribution in [0.15, 0.2) is 36.8 Å². The van der Waals surface area contributed by atoms with Gasteiger partial charge in [0.05, 0.1) is 28.0 Å². The number of likely N-dealkylation sites (tertiary alicyclic amines) is 1. The molecule has 1 aliphatic rings. The molecule has 198 valence electrons. The summed E-state index contributed by atoms with van der Waals surface area (Å²) in [6, 6.07) is 4.18. The number of fused-ring (bicyclic) bond motifs is 1. The minimum atomic E-state index is -0.545. The number of pyridine rings is 1. The van der Waals surface area contributed by atoms with Crippen molar-refractivity contribution in [3.8, 4) is 5.69 Å². The number of carbonyl (C=O) groups excluding carboxylic acids is 2. The van der Waals surface area contributed by atoms with Crippen molar-refractivity contribution in [1.82, 2.24) is 19.4 Å². The Kier molecular flexibility index (Phi) is 7.51. The van der Waals surface area contributed by atoms with Crippen molar-refractivity contribution < 1.29 is 18.7 Å². The van der Waals surface area contributed by atoms with E-state index < -0.39 is 11.4 Å². The number of hydrogen-bond donors (Lipinski definition) is 0. The Morgan fingerprint density at radius 1 is 1.27 bits per heavy atom. The first-order valence-corrected chi connectivity index (χ1v) is 12.9. The van der Waals surface area contributed by atoms with Gasteiger partial charge in [-0.05, 0) is 77.1 Å². The van der Waals surface area contributed by atoms with Crippen LogP contribution in [0.5, 0.6) is 0 Å². The summed E-state index contributed by atoms with van der Waals surface area (Å²) in [6.07, 6.45) is 6.48. The van der Waals surface area contributed by atoms with Crippen molar-refractivity contribution in [3.05, 3.63) is 58.8 Å². The second-order valence-electron chi connectivity index (χ2n) is 11.0. The Labute approximate surface area is 222 Å². The van der Waals surface area contributed by atoms with Gasteiger partial charge < -0.3 is 19.1 Å². The lowest BCUT2D eigenvalue weighted by Gasteiger charge is -2.24. The Morgan fingerprint density at radius 2 is 2.00 bits per heavy atom. The zero-order valence-electron chi connectivity index (χ0n) is 22.2. The predicted molar refractivity (Wildman–Crippen MR) is 143 cm³/mol. The SMILES string of the molecule is CC(C)N(C)C(=O)c1cc(F)ccc1-n1cc(CC2CCN(C(=O)OC(C)(C)C)C2)c2c(Cl)cncc21. The van der Waals surface area contributed by atoms with E-state index in [-0.39, 0.29) is 29.5 Å². The molecule has 1 atom stereocenters. The lowest BCUT2D eigenvalue weighted by atomic mass is 9.99. The van der Waals surface area contributed by atoms with Crippen LogP contribution >= 0.6 is 11.6 Å². The fraction of sp³-hybridized carbons (Fsp3) is 0.464. The maximum Gasteiger partial charge on any atom is 0.410 e. The molecule has 3 aromatic rings. The van der Waals surface area contributed by atoms with Crippen LogP contribution < -0.4 is 0 Å². The van der Waals surface area contributed by atoms with Crippen molar-refractivity contribution in [2.75, 3.05) is 20.1 Å². The quantitative estimate of drug-likeness (QED) is 0.401. The number of aromatic nitrogens is 2. The van der Waals surface area contributed by atoms with Crippen molar-refractivity contribution in [2.45, 2.75) is 59.1 Å². The molecule has 0 spiro atoms. The number of hydrogen-bond acceptors (Lipinski definition) is 4. The van der Waals surface area contributed by atoms with Crippen molar-refractivity contribution in [2.24, 2.45) is 5.92 Å². The molecule has 0 saturated carbocycles. The molecule has 1 unspecified atom stereocenters. The number of carbonyl (C=O) groups is 2. The van der Waals surface area contributed by atoms with Crippen LogP contribution in [0.1, 0.15) is 57.0 Å². The molecule has 4 rings (SSSR count). The summed E-state index contributed by atoms with van der Waals surface area (Å²) in [4.78, 5) is 33.4. The van der Waals surface area contributed by atoms with E-state index in [1.165, 1.54) is 12.1 Å². The molecule has 1 fully saturated rings. The summed E-state index contributed by atoms with van der Waals surface area (Å²) < 4.78 is 21.7. The van der Waals surface area contributed by atoms with E-state index in [2.05, 4.69) is 4.98 Å². The minimum absolute atomic E-state index is 0.0491. The summed E-state index contributed by atoms with van der Waals surface area (Å²) in [5, 5.41) is 1.34. The Hall–Kier alpha value is -3.13. The Balaban J connectivity index is 1.70. The molecule has 1 saturated heterocycles. The zero-order valence-corrected chi connectivity index (χ0v) is 23.0. The summed E-state index contributed by atoms with van der Waals surface area (Å²) in [5.74, 6) is -0.533. The topological polar surface area (TPSA) is 67.7 Å². The smallest absolute Gasteiger partial charge is 0.410 e. The van der Waals surface area contributed by atoms with Crippen LogP contribution in [0.3, 0.4) is 0 Å². The van der Waals surface area contributed by atoms with Gasteiger partial charge in [0.15, 0.2) is 0 Å². The highest BCUT2D eigenvalue weighted by atomic mass is 35.5. The average molecular weight is 529 g/mol. The highest BCUT2D eigenvalue weighted by Crippen LogP contribution is 2.34. The van der Waals surface area contributed by atoms with E-state index in [1.54, 1.807) is 35.3 Å². The van der Waals surface area contributed by atoms with E-state index in [4.69, 9.17) is 16.3 Å². The van der Waals surface area contributed by atoms with E-state index in [9.17, 15) is 14.0 Å². The second kappa shape index (κ2) is 10.3. The number of rotatable bonds is 5. The van der Waals surface area contributed by atoms with Crippen LogP contribution in [0, 0.1) is 11.7 Å². The number of halogens is 2. The molecule has 0 bridgehead atoms. The van der Waals surface area contributed by atoms with E-state index >= 15 is 0 Å².